The number of carbonyl (C=O) groups excluding carboxylic acids is 1. The minimum Gasteiger partial charge on any atom is -0.377 e. The maximum atomic E-state index is 12.7. The molecule has 0 saturated carbocycles. The second kappa shape index (κ2) is 9.75. The molecule has 3 rings (SSSR count). The summed E-state index contributed by atoms with van der Waals surface area (Å²) in [5.41, 5.74) is 2.42. The Morgan fingerprint density at radius 3 is 2.10 bits per heavy atom. The number of nitrogens with one attached hydrogen (secondary N) is 3. The number of anilines is 2. The summed E-state index contributed by atoms with van der Waals surface area (Å²) < 4.78 is 28.0. The molecule has 6 nitrogen and oxygen atoms in total. The third-order valence-corrected chi connectivity index (χ3v) is 6.04. The number of hydrogen-bond donors (Lipinski definition) is 3. The second-order valence-electron chi connectivity index (χ2n) is 6.67. The van der Waals surface area contributed by atoms with E-state index in [1.54, 1.807) is 24.3 Å². The summed E-state index contributed by atoms with van der Waals surface area (Å²) in [5.74, 6) is -0.144. The van der Waals surface area contributed by atoms with Crippen LogP contribution in [0.1, 0.15) is 18.5 Å². The Labute approximate surface area is 181 Å². The van der Waals surface area contributed by atoms with E-state index in [4.69, 9.17) is 11.6 Å². The van der Waals surface area contributed by atoms with Crippen LogP contribution < -0.4 is 15.4 Å². The molecule has 3 aromatic rings. The summed E-state index contributed by atoms with van der Waals surface area (Å²) in [4.78, 5) is 11.3. The van der Waals surface area contributed by atoms with Crippen molar-refractivity contribution in [2.75, 3.05) is 17.2 Å². The molecule has 0 aliphatic rings. The highest BCUT2D eigenvalue weighted by Crippen LogP contribution is 2.22. The van der Waals surface area contributed by atoms with E-state index in [9.17, 15) is 13.2 Å². The highest BCUT2D eigenvalue weighted by atomic mass is 35.5. The molecule has 8 heteroatoms. The maximum absolute atomic E-state index is 12.7. The Hall–Kier alpha value is -2.87. The Morgan fingerprint density at radius 1 is 0.900 bits per heavy atom. The first-order valence-corrected chi connectivity index (χ1v) is 11.1. The Morgan fingerprint density at radius 2 is 1.50 bits per heavy atom. The van der Waals surface area contributed by atoms with E-state index in [-0.39, 0.29) is 23.4 Å². The van der Waals surface area contributed by atoms with Gasteiger partial charge in [-0.2, -0.15) is 0 Å². The normalized spacial score (nSPS) is 12.2. The molecule has 0 aromatic heterocycles. The first-order valence-electron chi connectivity index (χ1n) is 9.28. The van der Waals surface area contributed by atoms with Crippen molar-refractivity contribution in [3.63, 3.8) is 0 Å². The van der Waals surface area contributed by atoms with Gasteiger partial charge < -0.3 is 10.6 Å². The highest BCUT2D eigenvalue weighted by Gasteiger charge is 2.18. The van der Waals surface area contributed by atoms with Crippen LogP contribution in [-0.4, -0.2) is 20.9 Å². The summed E-state index contributed by atoms with van der Waals surface area (Å²) in [6.45, 7) is 1.59. The number of carbonyl (C=O) groups is 1. The molecule has 1 unspecified atom stereocenters. The molecule has 156 valence electrons. The standard InChI is InChI=1S/C22H22ClN3O3S/c1-16(27)25-19-9-11-20(12-10-19)26-22(17-5-3-2-4-6-17)15-24-30(28,29)21-13-7-18(23)8-14-21/h2-14,22,24,26H,15H2,1H3,(H,25,27). The average Bonchev–Trinajstić information content (AvgIpc) is 2.73. The Balaban J connectivity index is 1.76. The van der Waals surface area contributed by atoms with E-state index in [0.29, 0.717) is 10.7 Å². The van der Waals surface area contributed by atoms with Crippen molar-refractivity contribution in [1.82, 2.24) is 4.72 Å². The van der Waals surface area contributed by atoms with E-state index >= 15 is 0 Å². The third-order valence-electron chi connectivity index (χ3n) is 4.35. The van der Waals surface area contributed by atoms with Crippen molar-refractivity contribution in [1.29, 1.82) is 0 Å². The van der Waals surface area contributed by atoms with E-state index in [2.05, 4.69) is 15.4 Å². The molecule has 0 bridgehead atoms. The minimum absolute atomic E-state index is 0.141. The lowest BCUT2D eigenvalue weighted by molar-refractivity contribution is -0.114. The third kappa shape index (κ3) is 6.06. The summed E-state index contributed by atoms with van der Waals surface area (Å²) in [6, 6.07) is 22.5. The van der Waals surface area contributed by atoms with Crippen molar-refractivity contribution in [2.24, 2.45) is 0 Å². The van der Waals surface area contributed by atoms with Gasteiger partial charge in [-0.1, -0.05) is 41.9 Å². The van der Waals surface area contributed by atoms with Crippen molar-refractivity contribution in [3.8, 4) is 0 Å². The van der Waals surface area contributed by atoms with E-state index in [1.807, 2.05) is 42.5 Å². The minimum atomic E-state index is -3.69. The SMILES string of the molecule is CC(=O)Nc1ccc(NC(CNS(=O)(=O)c2ccc(Cl)cc2)c2ccccc2)cc1. The zero-order chi connectivity index (χ0) is 21.6. The number of benzene rings is 3. The van der Waals surface area contributed by atoms with E-state index in [1.165, 1.54) is 19.1 Å². The van der Waals surface area contributed by atoms with Gasteiger partial charge in [-0.3, -0.25) is 4.79 Å². The van der Waals surface area contributed by atoms with Crippen LogP contribution >= 0.6 is 11.6 Å². The van der Waals surface area contributed by atoms with Crippen LogP contribution in [0.4, 0.5) is 11.4 Å². The van der Waals surface area contributed by atoms with E-state index < -0.39 is 10.0 Å². The first-order chi connectivity index (χ1) is 14.3. The number of sulfonamides is 1. The van der Waals surface area contributed by atoms with Gasteiger partial charge in [-0.15, -0.1) is 0 Å². The molecule has 0 radical (unpaired) electrons. The van der Waals surface area contributed by atoms with Crippen molar-refractivity contribution in [3.05, 3.63) is 89.4 Å². The topological polar surface area (TPSA) is 87.3 Å². The number of hydrogen-bond acceptors (Lipinski definition) is 4. The molecule has 1 amide bonds. The number of amides is 1. The van der Waals surface area contributed by atoms with Gasteiger partial charge in [0.15, 0.2) is 0 Å². The monoisotopic (exact) mass is 443 g/mol. The summed E-state index contributed by atoms with van der Waals surface area (Å²) in [6.07, 6.45) is 0. The molecule has 30 heavy (non-hydrogen) atoms. The summed E-state index contributed by atoms with van der Waals surface area (Å²) in [5, 5.41) is 6.54. The quantitative estimate of drug-likeness (QED) is 0.480. The fourth-order valence-corrected chi connectivity index (χ4v) is 4.06. The molecule has 3 N–H and O–H groups in total. The van der Waals surface area contributed by atoms with E-state index in [0.717, 1.165) is 11.3 Å². The lowest BCUT2D eigenvalue weighted by atomic mass is 10.1. The largest absolute Gasteiger partial charge is 0.377 e. The van der Waals surface area contributed by atoms with Gasteiger partial charge in [-0.25, -0.2) is 13.1 Å². The van der Waals surface area contributed by atoms with Gasteiger partial charge in [0.1, 0.15) is 0 Å². The van der Waals surface area contributed by atoms with Crippen molar-refractivity contribution in [2.45, 2.75) is 17.9 Å². The van der Waals surface area contributed by atoms with Crippen LogP contribution in [0.25, 0.3) is 0 Å². The molecular formula is C22H22ClN3O3S. The molecule has 0 heterocycles. The molecule has 0 saturated heterocycles. The van der Waals surface area contributed by atoms with Gasteiger partial charge in [0.05, 0.1) is 10.9 Å². The molecule has 0 fully saturated rings. The molecule has 0 aliphatic heterocycles. The summed E-state index contributed by atoms with van der Waals surface area (Å²) >= 11 is 5.85. The van der Waals surface area contributed by atoms with Crippen LogP contribution in [-0.2, 0) is 14.8 Å². The number of rotatable bonds is 8. The fourth-order valence-electron chi connectivity index (χ4n) is 2.88. The van der Waals surface area contributed by atoms with Crippen LogP contribution in [0.5, 0.6) is 0 Å². The smallest absolute Gasteiger partial charge is 0.240 e. The Bertz CT molecular complexity index is 1090. The first kappa shape index (κ1) is 21.8. The van der Waals surface area contributed by atoms with Gasteiger partial charge in [0, 0.05) is 29.9 Å². The van der Waals surface area contributed by atoms with Crippen LogP contribution in [0, 0.1) is 0 Å². The predicted molar refractivity (Wildman–Crippen MR) is 120 cm³/mol. The van der Waals surface area contributed by atoms with Gasteiger partial charge in [-0.05, 0) is 54.1 Å². The summed E-state index contributed by atoms with van der Waals surface area (Å²) in [7, 11) is -3.69. The second-order valence-corrected chi connectivity index (χ2v) is 8.88. The van der Waals surface area contributed by atoms with Gasteiger partial charge >= 0.3 is 0 Å². The van der Waals surface area contributed by atoms with Gasteiger partial charge in [0.25, 0.3) is 0 Å². The van der Waals surface area contributed by atoms with Crippen molar-refractivity contribution < 1.29 is 13.2 Å². The maximum Gasteiger partial charge on any atom is 0.240 e. The molecule has 1 atom stereocenters. The molecule has 0 spiro atoms. The van der Waals surface area contributed by atoms with Crippen LogP contribution in [0.3, 0.4) is 0 Å². The van der Waals surface area contributed by atoms with Crippen LogP contribution in [0.2, 0.25) is 5.02 Å². The predicted octanol–water partition coefficient (Wildman–Crippen LogP) is 4.43. The van der Waals surface area contributed by atoms with Crippen molar-refractivity contribution >= 4 is 38.9 Å². The highest BCUT2D eigenvalue weighted by molar-refractivity contribution is 7.89. The Kier molecular flexibility index (Phi) is 7.10. The van der Waals surface area contributed by atoms with Gasteiger partial charge in [0.2, 0.25) is 15.9 Å². The zero-order valence-electron chi connectivity index (χ0n) is 16.3. The fraction of sp³-hybridized carbons (Fsp3) is 0.136. The number of halogens is 1. The zero-order valence-corrected chi connectivity index (χ0v) is 17.9. The van der Waals surface area contributed by atoms with Crippen LogP contribution in [0.15, 0.2) is 83.8 Å². The molecular weight excluding hydrogens is 422 g/mol. The lowest BCUT2D eigenvalue weighted by Crippen LogP contribution is -2.31. The molecule has 3 aromatic carbocycles. The average molecular weight is 444 g/mol. The lowest BCUT2D eigenvalue weighted by Gasteiger charge is -2.21. The molecule has 0 aliphatic carbocycles.